The van der Waals surface area contributed by atoms with Gasteiger partial charge in [-0.15, -0.1) is 0 Å². The Kier molecular flexibility index (Phi) is 4.99. The van der Waals surface area contributed by atoms with Gasteiger partial charge in [-0.3, -0.25) is 9.78 Å². The molecule has 0 aliphatic heterocycles. The minimum atomic E-state index is 0.0364. The first-order chi connectivity index (χ1) is 9.96. The van der Waals surface area contributed by atoms with Gasteiger partial charge in [0.1, 0.15) is 0 Å². The molecule has 0 bridgehead atoms. The van der Waals surface area contributed by atoms with Gasteiger partial charge in [0.05, 0.1) is 6.10 Å². The highest BCUT2D eigenvalue weighted by molar-refractivity contribution is 5.76. The Bertz CT molecular complexity index is 473. The second-order valence-corrected chi connectivity index (χ2v) is 6.38. The van der Waals surface area contributed by atoms with Crippen LogP contribution >= 0.6 is 0 Å². The van der Waals surface area contributed by atoms with E-state index in [0.29, 0.717) is 6.42 Å². The third-order valence-electron chi connectivity index (χ3n) is 4.71. The lowest BCUT2D eigenvalue weighted by Gasteiger charge is -2.54. The number of nitrogens with zero attached hydrogens (tertiary/aromatic N) is 2. The molecular weight excluding hydrogens is 264 g/mol. The smallest absolute Gasteiger partial charge is 0.222 e. The van der Waals surface area contributed by atoms with Gasteiger partial charge in [0, 0.05) is 43.9 Å². The van der Waals surface area contributed by atoms with Gasteiger partial charge in [-0.2, -0.15) is 0 Å². The van der Waals surface area contributed by atoms with Gasteiger partial charge in [-0.25, -0.2) is 0 Å². The van der Waals surface area contributed by atoms with Crippen molar-refractivity contribution in [3.63, 3.8) is 0 Å². The minimum absolute atomic E-state index is 0.0364. The van der Waals surface area contributed by atoms with Gasteiger partial charge in [0.15, 0.2) is 0 Å². The van der Waals surface area contributed by atoms with Crippen LogP contribution in [0.4, 0.5) is 0 Å². The Morgan fingerprint density at radius 2 is 2.29 bits per heavy atom. The molecule has 1 amide bonds. The normalized spacial score (nSPS) is 23.4. The van der Waals surface area contributed by atoms with E-state index >= 15 is 0 Å². The number of carbonyl (C=O) groups excluding carboxylic acids is 1. The molecular formula is C17H26N2O2. The second-order valence-electron chi connectivity index (χ2n) is 6.38. The van der Waals surface area contributed by atoms with Crippen LogP contribution in [0.5, 0.6) is 0 Å². The van der Waals surface area contributed by atoms with Gasteiger partial charge < -0.3 is 9.64 Å². The van der Waals surface area contributed by atoms with Crippen molar-refractivity contribution in [2.75, 3.05) is 13.7 Å². The quantitative estimate of drug-likeness (QED) is 0.809. The van der Waals surface area contributed by atoms with Crippen molar-refractivity contribution in [3.05, 3.63) is 30.1 Å². The minimum Gasteiger partial charge on any atom is -0.378 e. The van der Waals surface area contributed by atoms with Crippen LogP contribution in [-0.4, -0.2) is 41.6 Å². The fourth-order valence-electron chi connectivity index (χ4n) is 3.15. The molecule has 1 saturated carbocycles. The molecule has 21 heavy (non-hydrogen) atoms. The molecule has 0 saturated heterocycles. The fraction of sp³-hybridized carbons (Fsp3) is 0.647. The van der Waals surface area contributed by atoms with Crippen LogP contribution in [0.15, 0.2) is 24.5 Å². The van der Waals surface area contributed by atoms with Gasteiger partial charge >= 0.3 is 0 Å². The highest BCUT2D eigenvalue weighted by Gasteiger charge is 2.51. The molecule has 4 heteroatoms. The molecule has 1 aromatic rings. The van der Waals surface area contributed by atoms with Crippen LogP contribution in [0.2, 0.25) is 0 Å². The van der Waals surface area contributed by atoms with Crippen LogP contribution in [0.25, 0.3) is 0 Å². The van der Waals surface area contributed by atoms with Crippen LogP contribution in [0, 0.1) is 5.41 Å². The maximum atomic E-state index is 12.4. The summed E-state index contributed by atoms with van der Waals surface area (Å²) in [4.78, 5) is 18.4. The summed E-state index contributed by atoms with van der Waals surface area (Å²) in [7, 11) is 1.92. The number of rotatable bonds is 6. The van der Waals surface area contributed by atoms with E-state index < -0.39 is 0 Å². The van der Waals surface area contributed by atoms with Crippen LogP contribution in [0.3, 0.4) is 0 Å². The highest BCUT2D eigenvalue weighted by atomic mass is 16.5. The lowest BCUT2D eigenvalue weighted by Crippen LogP contribution is -2.62. The maximum absolute atomic E-state index is 12.4. The Balaban J connectivity index is 1.86. The van der Waals surface area contributed by atoms with E-state index in [4.69, 9.17) is 4.74 Å². The number of aromatic nitrogens is 1. The van der Waals surface area contributed by atoms with Gasteiger partial charge in [0.25, 0.3) is 0 Å². The SMILES string of the molecule is CCO[C@@H]1C[C@@H](N(C)C(=O)CCc2cccnc2)C1(C)C. The van der Waals surface area contributed by atoms with Crippen molar-refractivity contribution in [1.82, 2.24) is 9.88 Å². The molecule has 1 heterocycles. The molecule has 2 atom stereocenters. The van der Waals surface area contributed by atoms with E-state index in [1.165, 1.54) is 0 Å². The maximum Gasteiger partial charge on any atom is 0.222 e. The molecule has 0 N–H and O–H groups in total. The lowest BCUT2D eigenvalue weighted by atomic mass is 9.63. The second kappa shape index (κ2) is 6.56. The average Bonchev–Trinajstić information content (AvgIpc) is 2.49. The zero-order valence-corrected chi connectivity index (χ0v) is 13.5. The number of hydrogen-bond donors (Lipinski definition) is 0. The number of ether oxygens (including phenoxy) is 1. The first kappa shape index (κ1) is 16.0. The zero-order chi connectivity index (χ0) is 15.5. The standard InChI is InChI=1S/C17H26N2O2/c1-5-21-15-11-14(17(15,2)3)19(4)16(20)9-8-13-7-6-10-18-12-13/h6-7,10,12,14-15H,5,8-9,11H2,1-4H3/t14-,15-/m1/s1. The fourth-order valence-corrected chi connectivity index (χ4v) is 3.15. The van der Waals surface area contributed by atoms with Crippen molar-refractivity contribution in [3.8, 4) is 0 Å². The summed E-state index contributed by atoms with van der Waals surface area (Å²) >= 11 is 0. The van der Waals surface area contributed by atoms with E-state index in [1.807, 2.05) is 37.2 Å². The van der Waals surface area contributed by atoms with E-state index in [9.17, 15) is 4.79 Å². The number of amides is 1. The Labute approximate surface area is 127 Å². The molecule has 1 aliphatic carbocycles. The molecule has 0 spiro atoms. The largest absolute Gasteiger partial charge is 0.378 e. The third-order valence-corrected chi connectivity index (χ3v) is 4.71. The van der Waals surface area contributed by atoms with Crippen LogP contribution in [-0.2, 0) is 16.0 Å². The lowest BCUT2D eigenvalue weighted by molar-refractivity contribution is -0.163. The molecule has 116 valence electrons. The molecule has 1 aliphatic rings. The molecule has 1 aromatic heterocycles. The van der Waals surface area contributed by atoms with E-state index in [-0.39, 0.29) is 23.5 Å². The Morgan fingerprint density at radius 3 is 2.86 bits per heavy atom. The number of hydrogen-bond acceptors (Lipinski definition) is 3. The van der Waals surface area contributed by atoms with Crippen molar-refractivity contribution in [2.45, 2.75) is 52.2 Å². The average molecular weight is 290 g/mol. The van der Waals surface area contributed by atoms with Crippen LogP contribution in [0.1, 0.15) is 39.2 Å². The molecule has 0 aromatic carbocycles. The van der Waals surface area contributed by atoms with Gasteiger partial charge in [-0.1, -0.05) is 19.9 Å². The number of carbonyl (C=O) groups is 1. The van der Waals surface area contributed by atoms with Crippen molar-refractivity contribution >= 4 is 5.91 Å². The third kappa shape index (κ3) is 3.43. The van der Waals surface area contributed by atoms with E-state index in [1.54, 1.807) is 6.20 Å². The molecule has 2 rings (SSSR count). The van der Waals surface area contributed by atoms with Crippen molar-refractivity contribution in [2.24, 2.45) is 5.41 Å². The summed E-state index contributed by atoms with van der Waals surface area (Å²) in [5.41, 5.74) is 1.15. The number of pyridine rings is 1. The molecule has 0 unspecified atom stereocenters. The highest BCUT2D eigenvalue weighted by Crippen LogP contribution is 2.45. The molecule has 4 nitrogen and oxygen atoms in total. The van der Waals surface area contributed by atoms with E-state index in [0.717, 1.165) is 25.0 Å². The van der Waals surface area contributed by atoms with Crippen LogP contribution < -0.4 is 0 Å². The summed E-state index contributed by atoms with van der Waals surface area (Å²) < 4.78 is 5.74. The predicted octanol–water partition coefficient (Wildman–Crippen LogP) is 2.68. The zero-order valence-electron chi connectivity index (χ0n) is 13.5. The molecule has 1 fully saturated rings. The van der Waals surface area contributed by atoms with Gasteiger partial charge in [0.2, 0.25) is 5.91 Å². The summed E-state index contributed by atoms with van der Waals surface area (Å²) in [6, 6.07) is 4.19. The van der Waals surface area contributed by atoms with E-state index in [2.05, 4.69) is 18.8 Å². The number of aryl methyl sites for hydroxylation is 1. The Hall–Kier alpha value is -1.42. The summed E-state index contributed by atoms with van der Waals surface area (Å²) in [5.74, 6) is 0.201. The first-order valence-electron chi connectivity index (χ1n) is 7.73. The topological polar surface area (TPSA) is 42.4 Å². The predicted molar refractivity (Wildman–Crippen MR) is 82.9 cm³/mol. The summed E-state index contributed by atoms with van der Waals surface area (Å²) in [6.07, 6.45) is 6.07. The van der Waals surface area contributed by atoms with Gasteiger partial charge in [-0.05, 0) is 31.4 Å². The Morgan fingerprint density at radius 1 is 1.52 bits per heavy atom. The van der Waals surface area contributed by atoms with Crippen molar-refractivity contribution in [1.29, 1.82) is 0 Å². The summed E-state index contributed by atoms with van der Waals surface area (Å²) in [6.45, 7) is 7.13. The monoisotopic (exact) mass is 290 g/mol. The van der Waals surface area contributed by atoms with Crippen molar-refractivity contribution < 1.29 is 9.53 Å². The first-order valence-corrected chi connectivity index (χ1v) is 7.73. The molecule has 0 radical (unpaired) electrons. The summed E-state index contributed by atoms with van der Waals surface area (Å²) in [5, 5.41) is 0.